The van der Waals surface area contributed by atoms with Crippen molar-refractivity contribution in [3.63, 3.8) is 0 Å². The zero-order chi connectivity index (χ0) is 11.8. The number of hydrogen-bond donors (Lipinski definition) is 1. The van der Waals surface area contributed by atoms with E-state index in [0.29, 0.717) is 0 Å². The molecule has 0 bridgehead atoms. The van der Waals surface area contributed by atoms with Gasteiger partial charge in [0.2, 0.25) is 0 Å². The van der Waals surface area contributed by atoms with Crippen LogP contribution in [0, 0.1) is 0 Å². The zero-order valence-electron chi connectivity index (χ0n) is 9.20. The van der Waals surface area contributed by atoms with Crippen molar-refractivity contribution < 1.29 is 0 Å². The Morgan fingerprint density at radius 3 is 3.12 bits per heavy atom. The number of nitrogens with zero attached hydrogens (tertiary/aromatic N) is 2. The lowest BCUT2D eigenvalue weighted by atomic mass is 10.2. The van der Waals surface area contributed by atoms with E-state index in [1.165, 1.54) is 0 Å². The standard InChI is InChI=1S/C12H10BrN3S/c1-2-11-16-10(6-17-11)9-5-15-12-8(9)3-7(13)4-14-12/h3-6H,2H2,1H3,(H,14,15). The molecule has 0 unspecified atom stereocenters. The molecule has 0 aliphatic heterocycles. The average Bonchev–Trinajstić information content (AvgIpc) is 2.93. The molecule has 86 valence electrons. The summed E-state index contributed by atoms with van der Waals surface area (Å²) in [6.07, 6.45) is 4.74. The van der Waals surface area contributed by atoms with E-state index in [0.717, 1.165) is 38.2 Å². The molecule has 0 aromatic carbocycles. The second-order valence-electron chi connectivity index (χ2n) is 3.73. The van der Waals surface area contributed by atoms with E-state index in [2.05, 4.69) is 49.3 Å². The predicted octanol–water partition coefficient (Wildman–Crippen LogP) is 4.01. The third-order valence-electron chi connectivity index (χ3n) is 2.63. The van der Waals surface area contributed by atoms with Gasteiger partial charge >= 0.3 is 0 Å². The third kappa shape index (κ3) is 1.89. The van der Waals surface area contributed by atoms with Gasteiger partial charge in [-0.25, -0.2) is 9.97 Å². The van der Waals surface area contributed by atoms with Crippen LogP contribution in [-0.4, -0.2) is 15.0 Å². The largest absolute Gasteiger partial charge is 0.345 e. The van der Waals surface area contributed by atoms with Crippen molar-refractivity contribution in [2.24, 2.45) is 0 Å². The predicted molar refractivity (Wildman–Crippen MR) is 74.3 cm³/mol. The van der Waals surface area contributed by atoms with Crippen molar-refractivity contribution in [1.29, 1.82) is 0 Å². The Morgan fingerprint density at radius 2 is 2.35 bits per heavy atom. The van der Waals surface area contributed by atoms with Crippen molar-refractivity contribution in [3.05, 3.63) is 33.3 Å². The molecular formula is C12H10BrN3S. The lowest BCUT2D eigenvalue weighted by Gasteiger charge is -1.94. The van der Waals surface area contributed by atoms with Gasteiger partial charge in [-0.3, -0.25) is 0 Å². The van der Waals surface area contributed by atoms with Gasteiger partial charge < -0.3 is 4.98 Å². The minimum absolute atomic E-state index is 0.897. The van der Waals surface area contributed by atoms with E-state index in [1.54, 1.807) is 17.5 Å². The monoisotopic (exact) mass is 307 g/mol. The van der Waals surface area contributed by atoms with E-state index < -0.39 is 0 Å². The number of aromatic nitrogens is 3. The number of halogens is 1. The summed E-state index contributed by atoms with van der Waals surface area (Å²) in [6, 6.07) is 2.07. The molecule has 0 atom stereocenters. The highest BCUT2D eigenvalue weighted by Crippen LogP contribution is 2.30. The minimum Gasteiger partial charge on any atom is -0.345 e. The highest BCUT2D eigenvalue weighted by atomic mass is 79.9. The molecule has 0 amide bonds. The Balaban J connectivity index is 2.19. The fourth-order valence-electron chi connectivity index (χ4n) is 1.79. The van der Waals surface area contributed by atoms with Crippen LogP contribution in [0.2, 0.25) is 0 Å². The highest BCUT2D eigenvalue weighted by Gasteiger charge is 2.10. The molecule has 3 heterocycles. The van der Waals surface area contributed by atoms with Crippen molar-refractivity contribution in [2.75, 3.05) is 0 Å². The molecule has 0 radical (unpaired) electrons. The summed E-state index contributed by atoms with van der Waals surface area (Å²) in [7, 11) is 0. The lowest BCUT2D eigenvalue weighted by molar-refractivity contribution is 1.10. The van der Waals surface area contributed by atoms with Crippen LogP contribution in [0.1, 0.15) is 11.9 Å². The van der Waals surface area contributed by atoms with Gasteiger partial charge in [-0.2, -0.15) is 0 Å². The molecule has 5 heteroatoms. The summed E-state index contributed by atoms with van der Waals surface area (Å²) in [5, 5.41) is 4.37. The molecule has 0 spiro atoms. The van der Waals surface area contributed by atoms with E-state index in [1.807, 2.05) is 6.20 Å². The molecule has 1 N–H and O–H groups in total. The van der Waals surface area contributed by atoms with Crippen LogP contribution in [0.4, 0.5) is 0 Å². The van der Waals surface area contributed by atoms with Gasteiger partial charge in [0, 0.05) is 33.2 Å². The second-order valence-corrected chi connectivity index (χ2v) is 5.59. The van der Waals surface area contributed by atoms with Crippen molar-refractivity contribution in [3.8, 4) is 11.3 Å². The number of hydrogen-bond acceptors (Lipinski definition) is 3. The number of fused-ring (bicyclic) bond motifs is 1. The normalized spacial score (nSPS) is 11.2. The van der Waals surface area contributed by atoms with Crippen molar-refractivity contribution >= 4 is 38.3 Å². The first-order chi connectivity index (χ1) is 8.28. The molecule has 0 fully saturated rings. The van der Waals surface area contributed by atoms with E-state index >= 15 is 0 Å². The molecule has 17 heavy (non-hydrogen) atoms. The van der Waals surface area contributed by atoms with Crippen LogP contribution in [-0.2, 0) is 6.42 Å². The number of pyridine rings is 1. The van der Waals surface area contributed by atoms with Gasteiger partial charge in [0.25, 0.3) is 0 Å². The Bertz CT molecular complexity index is 671. The summed E-state index contributed by atoms with van der Waals surface area (Å²) in [4.78, 5) is 12.1. The molecule has 0 saturated heterocycles. The third-order valence-corrected chi connectivity index (χ3v) is 4.05. The average molecular weight is 308 g/mol. The molecule has 0 saturated carbocycles. The highest BCUT2D eigenvalue weighted by molar-refractivity contribution is 9.10. The number of thiazole rings is 1. The fourth-order valence-corrected chi connectivity index (χ4v) is 2.86. The fraction of sp³-hybridized carbons (Fsp3) is 0.167. The molecule has 0 aliphatic carbocycles. The van der Waals surface area contributed by atoms with Crippen LogP contribution in [0.15, 0.2) is 28.3 Å². The van der Waals surface area contributed by atoms with Crippen LogP contribution in [0.3, 0.4) is 0 Å². The quantitative estimate of drug-likeness (QED) is 0.777. The minimum atomic E-state index is 0.897. The first-order valence-corrected chi connectivity index (χ1v) is 7.02. The van der Waals surface area contributed by atoms with Gasteiger partial charge in [0.15, 0.2) is 0 Å². The Morgan fingerprint density at radius 1 is 1.47 bits per heavy atom. The van der Waals surface area contributed by atoms with Crippen molar-refractivity contribution in [1.82, 2.24) is 15.0 Å². The van der Waals surface area contributed by atoms with Gasteiger partial charge in [0.05, 0.1) is 10.7 Å². The first-order valence-electron chi connectivity index (χ1n) is 5.35. The van der Waals surface area contributed by atoms with E-state index in [-0.39, 0.29) is 0 Å². The maximum Gasteiger partial charge on any atom is 0.137 e. The molecule has 3 aromatic rings. The van der Waals surface area contributed by atoms with E-state index in [9.17, 15) is 0 Å². The van der Waals surface area contributed by atoms with Crippen LogP contribution in [0.25, 0.3) is 22.3 Å². The first kappa shape index (κ1) is 10.9. The number of rotatable bonds is 2. The van der Waals surface area contributed by atoms with Crippen LogP contribution < -0.4 is 0 Å². The maximum absolute atomic E-state index is 4.61. The van der Waals surface area contributed by atoms with Gasteiger partial charge in [-0.05, 0) is 28.4 Å². The summed E-state index contributed by atoms with van der Waals surface area (Å²) < 4.78 is 0.983. The summed E-state index contributed by atoms with van der Waals surface area (Å²) >= 11 is 5.15. The Hall–Kier alpha value is -1.20. The smallest absolute Gasteiger partial charge is 0.137 e. The van der Waals surface area contributed by atoms with Crippen molar-refractivity contribution in [2.45, 2.75) is 13.3 Å². The van der Waals surface area contributed by atoms with E-state index in [4.69, 9.17) is 0 Å². The molecule has 3 aromatic heterocycles. The molecule has 0 aliphatic rings. The molecular weight excluding hydrogens is 298 g/mol. The summed E-state index contributed by atoms with van der Waals surface area (Å²) in [6.45, 7) is 2.12. The number of aromatic amines is 1. The van der Waals surface area contributed by atoms with Gasteiger partial charge in [-0.15, -0.1) is 11.3 Å². The van der Waals surface area contributed by atoms with Crippen LogP contribution in [0.5, 0.6) is 0 Å². The SMILES string of the molecule is CCc1nc(-c2c[nH]c3ncc(Br)cc23)cs1. The number of nitrogens with one attached hydrogen (secondary N) is 1. The maximum atomic E-state index is 4.61. The Kier molecular flexibility index (Phi) is 2.72. The molecule has 3 rings (SSSR count). The lowest BCUT2D eigenvalue weighted by Crippen LogP contribution is -1.80. The number of aryl methyl sites for hydroxylation is 1. The second kappa shape index (κ2) is 4.23. The topological polar surface area (TPSA) is 41.6 Å². The number of H-pyrrole nitrogens is 1. The van der Waals surface area contributed by atoms with Gasteiger partial charge in [0.1, 0.15) is 5.65 Å². The summed E-state index contributed by atoms with van der Waals surface area (Å²) in [5.74, 6) is 0. The summed E-state index contributed by atoms with van der Waals surface area (Å²) in [5.41, 5.74) is 3.04. The zero-order valence-corrected chi connectivity index (χ0v) is 11.6. The Labute approximate surface area is 111 Å². The van der Waals surface area contributed by atoms with Gasteiger partial charge in [-0.1, -0.05) is 6.92 Å². The van der Waals surface area contributed by atoms with Crippen LogP contribution >= 0.6 is 27.3 Å². The molecule has 3 nitrogen and oxygen atoms in total.